The molecule has 1 N–H and O–H groups in total. The first kappa shape index (κ1) is 22.6. The van der Waals surface area contributed by atoms with E-state index in [1.807, 2.05) is 25.1 Å². The normalized spacial score (nSPS) is 16.4. The quantitative estimate of drug-likeness (QED) is 0.584. The van der Waals surface area contributed by atoms with Crippen molar-refractivity contribution in [2.45, 2.75) is 24.3 Å². The van der Waals surface area contributed by atoms with Gasteiger partial charge in [0.15, 0.2) is 9.84 Å². The van der Waals surface area contributed by atoms with Gasteiger partial charge in [0.1, 0.15) is 5.75 Å². The Morgan fingerprint density at radius 1 is 1.00 bits per heavy atom. The number of nitrogens with one attached hydrogen (secondary N) is 1. The van der Waals surface area contributed by atoms with Gasteiger partial charge in [0.25, 0.3) is 0 Å². The molecule has 1 aliphatic heterocycles. The number of piperazine rings is 1. The Morgan fingerprint density at radius 2 is 1.67 bits per heavy atom. The summed E-state index contributed by atoms with van der Waals surface area (Å²) in [6, 6.07) is 16.9. The molecule has 164 valence electrons. The first-order chi connectivity index (χ1) is 14.5. The van der Waals surface area contributed by atoms with Crippen LogP contribution in [0.5, 0.6) is 5.75 Å². The fourth-order valence-corrected chi connectivity index (χ4v) is 5.33. The lowest BCUT2D eigenvalue weighted by Gasteiger charge is -2.36. The average Bonchev–Trinajstić information content (AvgIpc) is 2.77. The molecule has 6 nitrogen and oxygen atoms in total. The van der Waals surface area contributed by atoms with Crippen molar-refractivity contribution in [3.63, 3.8) is 0 Å². The number of anilines is 1. The molecule has 1 saturated heterocycles. The van der Waals surface area contributed by atoms with Crippen LogP contribution in [0.2, 0.25) is 0 Å². The predicted octanol–water partition coefficient (Wildman–Crippen LogP) is 2.66. The molecule has 2 aromatic carbocycles. The van der Waals surface area contributed by atoms with E-state index in [1.54, 1.807) is 31.4 Å². The van der Waals surface area contributed by atoms with E-state index in [0.29, 0.717) is 4.90 Å². The van der Waals surface area contributed by atoms with Crippen LogP contribution in [0.3, 0.4) is 0 Å². The third kappa shape index (κ3) is 6.45. The van der Waals surface area contributed by atoms with Gasteiger partial charge < -0.3 is 15.0 Å². The fourth-order valence-electron chi connectivity index (χ4n) is 3.79. The number of hydrogen-bond donors (Lipinski definition) is 1. The summed E-state index contributed by atoms with van der Waals surface area (Å²) in [7, 11) is -1.55. The maximum absolute atomic E-state index is 12.4. The molecule has 0 spiro atoms. The van der Waals surface area contributed by atoms with Crippen LogP contribution in [0.4, 0.5) is 5.69 Å². The minimum absolute atomic E-state index is 0.0675. The zero-order valence-electron chi connectivity index (χ0n) is 18.0. The first-order valence-corrected chi connectivity index (χ1v) is 12.3. The van der Waals surface area contributed by atoms with Crippen LogP contribution >= 0.6 is 0 Å². The van der Waals surface area contributed by atoms with Crippen molar-refractivity contribution in [3.05, 3.63) is 54.6 Å². The molecule has 3 rings (SSSR count). The van der Waals surface area contributed by atoms with Crippen LogP contribution in [0.25, 0.3) is 0 Å². The van der Waals surface area contributed by atoms with Gasteiger partial charge in [-0.2, -0.15) is 0 Å². The van der Waals surface area contributed by atoms with Gasteiger partial charge in [-0.1, -0.05) is 18.2 Å². The second-order valence-corrected chi connectivity index (χ2v) is 9.86. The Kier molecular flexibility index (Phi) is 8.13. The topological polar surface area (TPSA) is 61.9 Å². The molecular weight excluding hydrogens is 398 g/mol. The summed E-state index contributed by atoms with van der Waals surface area (Å²) in [6.45, 7) is 7.92. The molecule has 0 aliphatic carbocycles. The second-order valence-electron chi connectivity index (χ2n) is 7.83. The highest BCUT2D eigenvalue weighted by atomic mass is 32.2. The van der Waals surface area contributed by atoms with Gasteiger partial charge >= 0.3 is 0 Å². The van der Waals surface area contributed by atoms with Crippen molar-refractivity contribution in [3.8, 4) is 5.75 Å². The lowest BCUT2D eigenvalue weighted by atomic mass is 10.2. The highest BCUT2D eigenvalue weighted by Gasteiger charge is 2.19. The minimum atomic E-state index is -3.24. The van der Waals surface area contributed by atoms with Crippen LogP contribution in [0.15, 0.2) is 59.5 Å². The lowest BCUT2D eigenvalue weighted by Crippen LogP contribution is -2.47. The number of hydrogen-bond acceptors (Lipinski definition) is 6. The number of methoxy groups -OCH3 is 1. The molecule has 7 heteroatoms. The Labute approximate surface area is 180 Å². The summed E-state index contributed by atoms with van der Waals surface area (Å²) in [5, 5.41) is 3.37. The van der Waals surface area contributed by atoms with Crippen LogP contribution in [-0.4, -0.2) is 71.5 Å². The van der Waals surface area contributed by atoms with Crippen LogP contribution < -0.4 is 15.0 Å². The van der Waals surface area contributed by atoms with E-state index in [4.69, 9.17) is 4.74 Å². The third-order valence-corrected chi connectivity index (χ3v) is 7.45. The van der Waals surface area contributed by atoms with E-state index in [9.17, 15) is 8.42 Å². The smallest absolute Gasteiger partial charge is 0.179 e. The molecular formula is C23H33N3O3S. The van der Waals surface area contributed by atoms with Crippen molar-refractivity contribution >= 4 is 15.5 Å². The third-order valence-electron chi connectivity index (χ3n) is 5.53. The number of nitrogens with zero attached hydrogens (tertiary/aromatic N) is 2. The maximum atomic E-state index is 12.4. The van der Waals surface area contributed by atoms with E-state index >= 15 is 0 Å². The van der Waals surface area contributed by atoms with Gasteiger partial charge in [-0.25, -0.2) is 8.42 Å². The van der Waals surface area contributed by atoms with Crippen LogP contribution in [0, 0.1) is 0 Å². The summed E-state index contributed by atoms with van der Waals surface area (Å²) in [6.07, 6.45) is 1.01. The molecule has 0 saturated carbocycles. The van der Waals surface area contributed by atoms with E-state index in [0.717, 1.165) is 51.4 Å². The van der Waals surface area contributed by atoms with Gasteiger partial charge in [-0.15, -0.1) is 0 Å². The highest BCUT2D eigenvalue weighted by molar-refractivity contribution is 7.91. The van der Waals surface area contributed by atoms with Crippen molar-refractivity contribution < 1.29 is 13.2 Å². The molecule has 1 atom stereocenters. The molecule has 0 bridgehead atoms. The second kappa shape index (κ2) is 10.8. The van der Waals surface area contributed by atoms with Crippen molar-refractivity contribution in [2.24, 2.45) is 0 Å². The highest BCUT2D eigenvalue weighted by Crippen LogP contribution is 2.20. The predicted molar refractivity (Wildman–Crippen MR) is 122 cm³/mol. The fraction of sp³-hybridized carbons (Fsp3) is 0.478. The summed E-state index contributed by atoms with van der Waals surface area (Å²) < 4.78 is 30.1. The largest absolute Gasteiger partial charge is 0.497 e. The van der Waals surface area contributed by atoms with E-state index in [-0.39, 0.29) is 11.8 Å². The minimum Gasteiger partial charge on any atom is -0.497 e. The standard InChI is InChI=1S/C23H33N3O3S/c1-20(19-30(27,28)23-7-4-3-5-8-23)24-13-6-14-25-15-17-26(18-16-25)21-9-11-22(29-2)12-10-21/h3-5,7-12,20,24H,6,13-19H2,1-2H3/t20-/m1/s1. The molecule has 0 amide bonds. The van der Waals surface area contributed by atoms with Gasteiger partial charge in [0, 0.05) is 37.9 Å². The summed E-state index contributed by atoms with van der Waals surface area (Å²) in [5.41, 5.74) is 1.24. The average molecular weight is 432 g/mol. The number of benzene rings is 2. The maximum Gasteiger partial charge on any atom is 0.179 e. The van der Waals surface area contributed by atoms with Gasteiger partial charge in [0.2, 0.25) is 0 Å². The Hall–Kier alpha value is -2.09. The SMILES string of the molecule is COc1ccc(N2CCN(CCCN[C@H](C)CS(=O)(=O)c3ccccc3)CC2)cc1. The Bertz CT molecular complexity index is 864. The molecule has 1 fully saturated rings. The van der Waals surface area contributed by atoms with Gasteiger partial charge in [-0.3, -0.25) is 4.90 Å². The number of ether oxygens (including phenoxy) is 1. The molecule has 1 heterocycles. The summed E-state index contributed by atoms with van der Waals surface area (Å²) in [4.78, 5) is 5.28. The summed E-state index contributed by atoms with van der Waals surface area (Å²) in [5.74, 6) is 1.01. The lowest BCUT2D eigenvalue weighted by molar-refractivity contribution is 0.253. The number of sulfone groups is 1. The van der Waals surface area contributed by atoms with Crippen LogP contribution in [-0.2, 0) is 9.84 Å². The molecule has 1 aliphatic rings. The number of rotatable bonds is 10. The molecule has 0 aromatic heterocycles. The van der Waals surface area contributed by atoms with Crippen LogP contribution in [0.1, 0.15) is 13.3 Å². The Morgan fingerprint density at radius 3 is 2.30 bits per heavy atom. The zero-order chi connectivity index (χ0) is 21.4. The van der Waals surface area contributed by atoms with E-state index in [2.05, 4.69) is 27.2 Å². The first-order valence-electron chi connectivity index (χ1n) is 10.6. The van der Waals surface area contributed by atoms with Crippen molar-refractivity contribution in [1.82, 2.24) is 10.2 Å². The molecule has 0 unspecified atom stereocenters. The zero-order valence-corrected chi connectivity index (χ0v) is 18.8. The molecule has 0 radical (unpaired) electrons. The van der Waals surface area contributed by atoms with Crippen molar-refractivity contribution in [2.75, 3.05) is 57.0 Å². The summed E-state index contributed by atoms with van der Waals surface area (Å²) >= 11 is 0. The molecule has 2 aromatic rings. The van der Waals surface area contributed by atoms with Gasteiger partial charge in [0.05, 0.1) is 17.8 Å². The Balaban J connectivity index is 1.33. The van der Waals surface area contributed by atoms with E-state index in [1.165, 1.54) is 5.69 Å². The van der Waals surface area contributed by atoms with Gasteiger partial charge in [-0.05, 0) is 62.8 Å². The molecule has 30 heavy (non-hydrogen) atoms. The van der Waals surface area contributed by atoms with Crippen molar-refractivity contribution in [1.29, 1.82) is 0 Å². The monoisotopic (exact) mass is 431 g/mol. The van der Waals surface area contributed by atoms with E-state index < -0.39 is 9.84 Å².